The smallest absolute Gasteiger partial charge is 0.225 e. The van der Waals surface area contributed by atoms with Crippen molar-refractivity contribution in [3.63, 3.8) is 0 Å². The number of amides is 1. The molecule has 1 atom stereocenters. The summed E-state index contributed by atoms with van der Waals surface area (Å²) in [5, 5.41) is 6.94. The van der Waals surface area contributed by atoms with Gasteiger partial charge in [0.05, 0.1) is 0 Å². The van der Waals surface area contributed by atoms with Gasteiger partial charge in [-0.05, 0) is 30.7 Å². The van der Waals surface area contributed by atoms with E-state index in [1.54, 1.807) is 10.7 Å². The molecule has 0 bridgehead atoms. The molecule has 0 aliphatic heterocycles. The lowest BCUT2D eigenvalue weighted by Gasteiger charge is -2.30. The topological polar surface area (TPSA) is 72.9 Å². The predicted molar refractivity (Wildman–Crippen MR) is 77.7 cm³/mol. The molecule has 0 fully saturated rings. The van der Waals surface area contributed by atoms with Crippen LogP contribution in [-0.4, -0.2) is 22.2 Å². The number of carbonyl (C=O) groups excluding carboxylic acids is 1. The number of anilines is 1. The number of nitrogens with zero attached hydrogens (tertiary/aromatic N) is 2. The van der Waals surface area contributed by atoms with Crippen LogP contribution in [0.3, 0.4) is 0 Å². The Hall–Kier alpha value is -1.36. The Kier molecular flexibility index (Phi) is 5.54. The lowest BCUT2D eigenvalue weighted by Crippen LogP contribution is -2.25. The maximum Gasteiger partial charge on any atom is 0.225 e. The van der Waals surface area contributed by atoms with Crippen molar-refractivity contribution in [3.8, 4) is 0 Å². The summed E-state index contributed by atoms with van der Waals surface area (Å²) >= 11 is 0. The van der Waals surface area contributed by atoms with E-state index in [2.05, 4.69) is 31.2 Å². The molecule has 5 nitrogen and oxygen atoms in total. The van der Waals surface area contributed by atoms with Crippen molar-refractivity contribution in [3.05, 3.63) is 12.3 Å². The number of carbonyl (C=O) groups is 1. The molecule has 1 rings (SSSR count). The zero-order valence-corrected chi connectivity index (χ0v) is 12.4. The van der Waals surface area contributed by atoms with E-state index >= 15 is 0 Å². The van der Waals surface area contributed by atoms with E-state index in [1.165, 1.54) is 0 Å². The summed E-state index contributed by atoms with van der Waals surface area (Å²) < 4.78 is 1.67. The summed E-state index contributed by atoms with van der Waals surface area (Å²) in [6.07, 6.45) is 4.14. The molecule has 19 heavy (non-hydrogen) atoms. The van der Waals surface area contributed by atoms with Crippen molar-refractivity contribution in [2.75, 3.05) is 11.9 Å². The Balaban J connectivity index is 2.43. The molecule has 0 aliphatic rings. The summed E-state index contributed by atoms with van der Waals surface area (Å²) in [7, 11) is 1.83. The van der Waals surface area contributed by atoms with Crippen molar-refractivity contribution in [2.45, 2.75) is 40.0 Å². The van der Waals surface area contributed by atoms with E-state index < -0.39 is 0 Å². The van der Waals surface area contributed by atoms with Gasteiger partial charge in [-0.2, -0.15) is 5.10 Å². The second-order valence-corrected chi connectivity index (χ2v) is 6.10. The Labute approximate surface area is 115 Å². The first kappa shape index (κ1) is 15.7. The fourth-order valence-electron chi connectivity index (χ4n) is 2.20. The van der Waals surface area contributed by atoms with Gasteiger partial charge in [-0.3, -0.25) is 9.48 Å². The van der Waals surface area contributed by atoms with E-state index in [0.29, 0.717) is 24.7 Å². The molecule has 5 heteroatoms. The quantitative estimate of drug-likeness (QED) is 0.828. The molecule has 3 N–H and O–H groups in total. The second kappa shape index (κ2) is 6.70. The van der Waals surface area contributed by atoms with Crippen LogP contribution in [0.5, 0.6) is 0 Å². The lowest BCUT2D eigenvalue weighted by molar-refractivity contribution is -0.116. The van der Waals surface area contributed by atoms with Gasteiger partial charge in [0, 0.05) is 25.7 Å². The highest BCUT2D eigenvalue weighted by molar-refractivity contribution is 5.89. The molecule has 1 unspecified atom stereocenters. The number of nitrogens with two attached hydrogens (primary N) is 1. The van der Waals surface area contributed by atoms with E-state index in [1.807, 2.05) is 13.2 Å². The minimum atomic E-state index is 0.0185. The average Bonchev–Trinajstić information content (AvgIpc) is 2.68. The van der Waals surface area contributed by atoms with Crippen molar-refractivity contribution >= 4 is 11.7 Å². The summed E-state index contributed by atoms with van der Waals surface area (Å²) in [5.74, 6) is 1.09. The summed E-state index contributed by atoms with van der Waals surface area (Å²) in [4.78, 5) is 11.9. The van der Waals surface area contributed by atoms with Crippen LogP contribution in [0.1, 0.15) is 40.0 Å². The van der Waals surface area contributed by atoms with Gasteiger partial charge >= 0.3 is 0 Å². The number of aromatic nitrogens is 2. The second-order valence-electron chi connectivity index (χ2n) is 6.10. The number of hydrogen-bond donors (Lipinski definition) is 2. The van der Waals surface area contributed by atoms with E-state index in [0.717, 1.165) is 12.8 Å². The average molecular weight is 266 g/mol. The standard InChI is InChI=1S/C14H26N4O/c1-14(2,3)11(7-9-15)5-6-13(19)16-12-8-10-18(4)17-12/h8,10-11H,5-7,9,15H2,1-4H3,(H,16,17,19). The summed E-state index contributed by atoms with van der Waals surface area (Å²) in [6.45, 7) is 7.27. The zero-order chi connectivity index (χ0) is 14.5. The Morgan fingerprint density at radius 1 is 1.47 bits per heavy atom. The van der Waals surface area contributed by atoms with E-state index in [-0.39, 0.29) is 11.3 Å². The van der Waals surface area contributed by atoms with Crippen LogP contribution >= 0.6 is 0 Å². The first-order valence-corrected chi connectivity index (χ1v) is 6.82. The van der Waals surface area contributed by atoms with Crippen LogP contribution in [0, 0.1) is 11.3 Å². The van der Waals surface area contributed by atoms with Gasteiger partial charge in [0.2, 0.25) is 5.91 Å². The molecule has 0 aromatic carbocycles. The minimum Gasteiger partial charge on any atom is -0.330 e. The van der Waals surface area contributed by atoms with Crippen LogP contribution in [0.25, 0.3) is 0 Å². The van der Waals surface area contributed by atoms with Gasteiger partial charge in [0.15, 0.2) is 5.82 Å². The third-order valence-electron chi connectivity index (χ3n) is 3.44. The normalized spacial score (nSPS) is 13.3. The lowest BCUT2D eigenvalue weighted by atomic mass is 9.76. The van der Waals surface area contributed by atoms with Crippen LogP contribution < -0.4 is 11.1 Å². The molecule has 1 aromatic heterocycles. The number of nitrogens with one attached hydrogen (secondary N) is 1. The largest absolute Gasteiger partial charge is 0.330 e. The SMILES string of the molecule is Cn1ccc(NC(=O)CCC(CCN)C(C)(C)C)n1. The van der Waals surface area contributed by atoms with Gasteiger partial charge in [0.1, 0.15) is 0 Å². The molecule has 108 valence electrons. The molecule has 1 heterocycles. The van der Waals surface area contributed by atoms with Gasteiger partial charge in [0.25, 0.3) is 0 Å². The fourth-order valence-corrected chi connectivity index (χ4v) is 2.20. The Bertz CT molecular complexity index is 406. The van der Waals surface area contributed by atoms with Gasteiger partial charge in [-0.25, -0.2) is 0 Å². The molecule has 0 radical (unpaired) electrons. The van der Waals surface area contributed by atoms with E-state index in [4.69, 9.17) is 5.73 Å². The van der Waals surface area contributed by atoms with Gasteiger partial charge in [-0.1, -0.05) is 20.8 Å². The molecular weight excluding hydrogens is 240 g/mol. The van der Waals surface area contributed by atoms with Crippen LogP contribution in [0.15, 0.2) is 12.3 Å². The maximum absolute atomic E-state index is 11.9. The highest BCUT2D eigenvalue weighted by Gasteiger charge is 2.24. The minimum absolute atomic E-state index is 0.0185. The van der Waals surface area contributed by atoms with Crippen LogP contribution in [-0.2, 0) is 11.8 Å². The molecule has 1 amide bonds. The Morgan fingerprint density at radius 2 is 2.16 bits per heavy atom. The summed E-state index contributed by atoms with van der Waals surface area (Å²) in [5.41, 5.74) is 5.83. The fraction of sp³-hybridized carbons (Fsp3) is 0.714. The third kappa shape index (κ3) is 5.42. The highest BCUT2D eigenvalue weighted by atomic mass is 16.1. The molecular formula is C14H26N4O. The monoisotopic (exact) mass is 266 g/mol. The van der Waals surface area contributed by atoms with Crippen molar-refractivity contribution in [2.24, 2.45) is 24.1 Å². The van der Waals surface area contributed by atoms with Crippen molar-refractivity contribution < 1.29 is 4.79 Å². The molecule has 1 aromatic rings. The van der Waals surface area contributed by atoms with Crippen LogP contribution in [0.2, 0.25) is 0 Å². The van der Waals surface area contributed by atoms with Gasteiger partial charge in [-0.15, -0.1) is 0 Å². The molecule has 0 spiro atoms. The zero-order valence-electron chi connectivity index (χ0n) is 12.4. The van der Waals surface area contributed by atoms with Crippen molar-refractivity contribution in [1.29, 1.82) is 0 Å². The van der Waals surface area contributed by atoms with Crippen molar-refractivity contribution in [1.82, 2.24) is 9.78 Å². The number of hydrogen-bond acceptors (Lipinski definition) is 3. The first-order valence-electron chi connectivity index (χ1n) is 6.82. The highest BCUT2D eigenvalue weighted by Crippen LogP contribution is 2.32. The summed E-state index contributed by atoms with van der Waals surface area (Å²) in [6, 6.07) is 1.79. The van der Waals surface area contributed by atoms with E-state index in [9.17, 15) is 4.79 Å². The molecule has 0 aliphatic carbocycles. The number of rotatable bonds is 6. The third-order valence-corrected chi connectivity index (χ3v) is 3.44. The van der Waals surface area contributed by atoms with Crippen LogP contribution in [0.4, 0.5) is 5.82 Å². The molecule has 0 saturated carbocycles. The van der Waals surface area contributed by atoms with Gasteiger partial charge < -0.3 is 11.1 Å². The molecule has 0 saturated heterocycles. The first-order chi connectivity index (χ1) is 8.82. The predicted octanol–water partition coefficient (Wildman–Crippen LogP) is 2.15. The number of aryl methyl sites for hydroxylation is 1. The maximum atomic E-state index is 11.9. The Morgan fingerprint density at radius 3 is 2.63 bits per heavy atom.